The zero-order chi connectivity index (χ0) is 14.7. The Kier molecular flexibility index (Phi) is 2.40. The summed E-state index contributed by atoms with van der Waals surface area (Å²) in [5.41, 5.74) is 2.44. The lowest BCUT2D eigenvalue weighted by Gasteiger charge is -2.17. The minimum atomic E-state index is -0.736. The normalized spacial score (nSPS) is 26.9. The highest BCUT2D eigenvalue weighted by molar-refractivity contribution is 5.94. The van der Waals surface area contributed by atoms with Gasteiger partial charge < -0.3 is 10.0 Å². The predicted octanol–water partition coefficient (Wildman–Crippen LogP) is 1.05. The van der Waals surface area contributed by atoms with Crippen LogP contribution in [0.1, 0.15) is 16.1 Å². The van der Waals surface area contributed by atoms with Crippen molar-refractivity contribution in [1.82, 2.24) is 14.5 Å². The van der Waals surface area contributed by atoms with Crippen molar-refractivity contribution in [3.05, 3.63) is 35.7 Å². The number of aliphatic carboxylic acids is 1. The van der Waals surface area contributed by atoms with Crippen LogP contribution in [-0.4, -0.2) is 44.6 Å². The molecule has 2 aromatic rings. The molecule has 2 aromatic heterocycles. The van der Waals surface area contributed by atoms with Crippen LogP contribution in [0.2, 0.25) is 0 Å². The summed E-state index contributed by atoms with van der Waals surface area (Å²) in [6.07, 6.45) is 1.84. The first kappa shape index (κ1) is 12.4. The minimum absolute atomic E-state index is 0.104. The van der Waals surface area contributed by atoms with Crippen LogP contribution in [0.25, 0.3) is 5.52 Å². The summed E-state index contributed by atoms with van der Waals surface area (Å²) in [7, 11) is 0. The largest absolute Gasteiger partial charge is 0.481 e. The van der Waals surface area contributed by atoms with Gasteiger partial charge in [-0.25, -0.2) is 4.52 Å². The smallest absolute Gasteiger partial charge is 0.307 e. The van der Waals surface area contributed by atoms with E-state index in [9.17, 15) is 9.59 Å². The van der Waals surface area contributed by atoms with E-state index in [-0.39, 0.29) is 23.7 Å². The van der Waals surface area contributed by atoms with Gasteiger partial charge in [-0.3, -0.25) is 9.59 Å². The Morgan fingerprint density at radius 1 is 1.29 bits per heavy atom. The first-order valence-corrected chi connectivity index (χ1v) is 7.03. The second-order valence-corrected chi connectivity index (χ2v) is 6.00. The molecule has 2 fully saturated rings. The molecule has 0 radical (unpaired) electrons. The second-order valence-electron chi connectivity index (χ2n) is 6.00. The van der Waals surface area contributed by atoms with Crippen LogP contribution in [0.15, 0.2) is 24.4 Å². The van der Waals surface area contributed by atoms with Crippen LogP contribution < -0.4 is 0 Å². The molecule has 1 aliphatic carbocycles. The van der Waals surface area contributed by atoms with Gasteiger partial charge in [0.2, 0.25) is 0 Å². The molecule has 1 unspecified atom stereocenters. The zero-order valence-electron chi connectivity index (χ0n) is 11.6. The van der Waals surface area contributed by atoms with Crippen molar-refractivity contribution in [2.75, 3.05) is 13.1 Å². The first-order chi connectivity index (χ1) is 10.0. The number of hydrogen-bond acceptors (Lipinski definition) is 3. The topological polar surface area (TPSA) is 74.9 Å². The molecule has 0 bridgehead atoms. The molecule has 6 heteroatoms. The molecule has 3 atom stereocenters. The van der Waals surface area contributed by atoms with Crippen molar-refractivity contribution >= 4 is 17.4 Å². The van der Waals surface area contributed by atoms with E-state index in [2.05, 4.69) is 5.10 Å². The number of amides is 1. The van der Waals surface area contributed by atoms with Crippen molar-refractivity contribution in [2.24, 2.45) is 17.8 Å². The Balaban J connectivity index is 1.54. The highest BCUT2D eigenvalue weighted by Gasteiger charge is 2.60. The molecule has 0 spiro atoms. The van der Waals surface area contributed by atoms with Crippen molar-refractivity contribution in [1.29, 1.82) is 0 Å². The van der Waals surface area contributed by atoms with Gasteiger partial charge in [-0.2, -0.15) is 5.10 Å². The summed E-state index contributed by atoms with van der Waals surface area (Å²) in [6.45, 7) is 3.06. The number of aryl methyl sites for hydroxylation is 1. The number of likely N-dealkylation sites (tertiary alicyclic amines) is 1. The Hall–Kier alpha value is -2.37. The number of carboxylic acids is 1. The van der Waals surface area contributed by atoms with Gasteiger partial charge in [0.1, 0.15) is 0 Å². The molecule has 1 saturated carbocycles. The Morgan fingerprint density at radius 2 is 2.00 bits per heavy atom. The summed E-state index contributed by atoms with van der Waals surface area (Å²) >= 11 is 0. The SMILES string of the molecule is Cc1ccn2nc(C(=O)N3C[C@@H]4C(C(=O)O)[C@@H]4C3)cc2c1. The van der Waals surface area contributed by atoms with Crippen LogP contribution >= 0.6 is 0 Å². The quantitative estimate of drug-likeness (QED) is 0.894. The van der Waals surface area contributed by atoms with Crippen LogP contribution in [0.4, 0.5) is 0 Å². The molecule has 1 amide bonds. The second kappa shape index (κ2) is 4.07. The average molecular weight is 285 g/mol. The van der Waals surface area contributed by atoms with E-state index in [0.717, 1.165) is 11.1 Å². The third-order valence-corrected chi connectivity index (χ3v) is 4.60. The van der Waals surface area contributed by atoms with E-state index in [1.165, 1.54) is 0 Å². The molecule has 6 nitrogen and oxygen atoms in total. The van der Waals surface area contributed by atoms with Gasteiger partial charge in [-0.15, -0.1) is 0 Å². The summed E-state index contributed by atoms with van der Waals surface area (Å²) < 4.78 is 1.69. The monoisotopic (exact) mass is 285 g/mol. The number of carboxylic acid groups (broad SMARTS) is 1. The number of pyridine rings is 1. The lowest BCUT2D eigenvalue weighted by atomic mass is 10.2. The van der Waals surface area contributed by atoms with Crippen molar-refractivity contribution in [2.45, 2.75) is 6.92 Å². The van der Waals surface area contributed by atoms with Crippen LogP contribution in [0.3, 0.4) is 0 Å². The number of nitrogens with zero attached hydrogens (tertiary/aromatic N) is 3. The van der Waals surface area contributed by atoms with Gasteiger partial charge in [-0.1, -0.05) is 0 Å². The van der Waals surface area contributed by atoms with E-state index in [1.807, 2.05) is 25.3 Å². The Morgan fingerprint density at radius 3 is 2.67 bits per heavy atom. The van der Waals surface area contributed by atoms with E-state index < -0.39 is 5.97 Å². The number of rotatable bonds is 2. The number of aromatic nitrogens is 2. The van der Waals surface area contributed by atoms with Gasteiger partial charge in [0.25, 0.3) is 5.91 Å². The highest BCUT2D eigenvalue weighted by Crippen LogP contribution is 2.51. The molecule has 1 N–H and O–H groups in total. The van der Waals surface area contributed by atoms with Crippen LogP contribution in [0, 0.1) is 24.7 Å². The molecule has 4 rings (SSSR count). The summed E-state index contributed by atoms with van der Waals surface area (Å²) in [5.74, 6) is -0.831. The van der Waals surface area contributed by atoms with Gasteiger partial charge in [0.15, 0.2) is 5.69 Å². The molecule has 1 aliphatic heterocycles. The lowest BCUT2D eigenvalue weighted by molar-refractivity contribution is -0.139. The summed E-state index contributed by atoms with van der Waals surface area (Å²) in [4.78, 5) is 25.1. The maximum atomic E-state index is 12.4. The van der Waals surface area contributed by atoms with Crippen LogP contribution in [-0.2, 0) is 4.79 Å². The molecular weight excluding hydrogens is 270 g/mol. The molecule has 0 aromatic carbocycles. The number of carbonyl (C=O) groups is 2. The number of carbonyl (C=O) groups excluding carboxylic acids is 1. The first-order valence-electron chi connectivity index (χ1n) is 7.03. The molecule has 2 aliphatic rings. The fourth-order valence-electron chi connectivity index (χ4n) is 3.43. The fourth-order valence-corrected chi connectivity index (χ4v) is 3.43. The number of hydrogen-bond donors (Lipinski definition) is 1. The number of fused-ring (bicyclic) bond motifs is 2. The van der Waals surface area contributed by atoms with E-state index >= 15 is 0 Å². The average Bonchev–Trinajstić information content (AvgIpc) is 2.82. The Labute approximate surface area is 121 Å². The predicted molar refractivity (Wildman–Crippen MR) is 73.9 cm³/mol. The van der Waals surface area contributed by atoms with Crippen LogP contribution in [0.5, 0.6) is 0 Å². The highest BCUT2D eigenvalue weighted by atomic mass is 16.4. The van der Waals surface area contributed by atoms with Gasteiger partial charge in [0, 0.05) is 19.3 Å². The third kappa shape index (κ3) is 1.82. The molecule has 1 saturated heterocycles. The third-order valence-electron chi connectivity index (χ3n) is 4.60. The molecular formula is C15H15N3O3. The maximum absolute atomic E-state index is 12.4. The van der Waals surface area contributed by atoms with E-state index in [4.69, 9.17) is 5.11 Å². The van der Waals surface area contributed by atoms with Gasteiger partial charge in [-0.05, 0) is 42.5 Å². The minimum Gasteiger partial charge on any atom is -0.481 e. The van der Waals surface area contributed by atoms with Crippen molar-refractivity contribution in [3.8, 4) is 0 Å². The lowest BCUT2D eigenvalue weighted by Crippen LogP contribution is -2.32. The van der Waals surface area contributed by atoms with Gasteiger partial charge in [0.05, 0.1) is 11.4 Å². The van der Waals surface area contributed by atoms with Crippen molar-refractivity contribution in [3.63, 3.8) is 0 Å². The molecule has 108 valence electrons. The molecule has 21 heavy (non-hydrogen) atoms. The summed E-state index contributed by atoms with van der Waals surface area (Å²) in [6, 6.07) is 5.70. The molecule has 3 heterocycles. The standard InChI is InChI=1S/C15H15N3O3/c1-8-2-3-18-9(4-8)5-12(16-18)14(19)17-6-10-11(7-17)13(10)15(20)21/h2-5,10-11,13H,6-7H2,1H3,(H,20,21)/t10-,11+,13?. The number of piperidine rings is 1. The van der Waals surface area contributed by atoms with Gasteiger partial charge >= 0.3 is 5.97 Å². The summed E-state index contributed by atoms with van der Waals surface area (Å²) in [5, 5.41) is 13.3. The Bertz CT molecular complexity index is 755. The zero-order valence-corrected chi connectivity index (χ0v) is 11.6. The fraction of sp³-hybridized carbons (Fsp3) is 0.400. The van der Waals surface area contributed by atoms with E-state index in [1.54, 1.807) is 15.5 Å². The maximum Gasteiger partial charge on any atom is 0.307 e. The van der Waals surface area contributed by atoms with E-state index in [0.29, 0.717) is 18.8 Å². The van der Waals surface area contributed by atoms with Crippen molar-refractivity contribution < 1.29 is 14.7 Å².